The van der Waals surface area contributed by atoms with E-state index in [-0.39, 0.29) is 16.7 Å². The molecule has 0 aromatic heterocycles. The van der Waals surface area contributed by atoms with Crippen LogP contribution in [0.3, 0.4) is 0 Å². The second-order valence-electron chi connectivity index (χ2n) is 3.35. The second kappa shape index (κ2) is 5.39. The Hall–Kier alpha value is -1.96. The van der Waals surface area contributed by atoms with Crippen LogP contribution >= 0.6 is 0 Å². The first-order valence-corrected chi connectivity index (χ1v) is 4.98. The van der Waals surface area contributed by atoms with E-state index in [0.29, 0.717) is 12.0 Å². The van der Waals surface area contributed by atoms with Crippen LogP contribution in [0.1, 0.15) is 40.4 Å². The van der Waals surface area contributed by atoms with Crippen molar-refractivity contribution in [2.75, 3.05) is 7.11 Å². The fourth-order valence-electron chi connectivity index (χ4n) is 1.59. The average molecular weight is 239 g/mol. The van der Waals surface area contributed by atoms with Crippen molar-refractivity contribution in [1.29, 1.82) is 5.26 Å². The number of rotatable bonds is 3. The lowest BCUT2D eigenvalue weighted by Gasteiger charge is -2.11. The number of carbonyl (C=O) groups is 1. The zero-order chi connectivity index (χ0) is 13.0. The van der Waals surface area contributed by atoms with Crippen LogP contribution in [0.25, 0.3) is 0 Å². The van der Waals surface area contributed by atoms with Gasteiger partial charge in [-0.15, -0.1) is 0 Å². The van der Waals surface area contributed by atoms with Crippen molar-refractivity contribution < 1.29 is 18.3 Å². The number of methoxy groups -OCH3 is 1. The van der Waals surface area contributed by atoms with Crippen LogP contribution in [-0.2, 0) is 11.2 Å². The van der Waals surface area contributed by atoms with Crippen molar-refractivity contribution in [2.24, 2.45) is 0 Å². The molecule has 0 fully saturated rings. The number of aryl methyl sites for hydroxylation is 1. The molecule has 1 aromatic carbocycles. The number of ether oxygens (including phenoxy) is 1. The highest BCUT2D eigenvalue weighted by Gasteiger charge is 2.20. The van der Waals surface area contributed by atoms with Gasteiger partial charge >= 0.3 is 5.97 Å². The number of halogens is 2. The van der Waals surface area contributed by atoms with Crippen LogP contribution in [0, 0.1) is 11.3 Å². The van der Waals surface area contributed by atoms with Crippen molar-refractivity contribution in [3.63, 3.8) is 0 Å². The number of hydrogen-bond donors (Lipinski definition) is 0. The SMILES string of the molecule is CCc1cc(C(=O)OC)cc(C#N)c1C(F)F. The summed E-state index contributed by atoms with van der Waals surface area (Å²) in [5, 5.41) is 8.83. The maximum atomic E-state index is 12.8. The van der Waals surface area contributed by atoms with Gasteiger partial charge in [0, 0.05) is 5.56 Å². The lowest BCUT2D eigenvalue weighted by molar-refractivity contribution is 0.0600. The van der Waals surface area contributed by atoms with E-state index >= 15 is 0 Å². The number of alkyl halides is 2. The van der Waals surface area contributed by atoms with E-state index in [1.165, 1.54) is 13.2 Å². The Kier molecular flexibility index (Phi) is 4.16. The van der Waals surface area contributed by atoms with Gasteiger partial charge in [-0.3, -0.25) is 0 Å². The Morgan fingerprint density at radius 2 is 2.18 bits per heavy atom. The Morgan fingerprint density at radius 3 is 2.59 bits per heavy atom. The molecule has 0 atom stereocenters. The van der Waals surface area contributed by atoms with E-state index in [9.17, 15) is 13.6 Å². The summed E-state index contributed by atoms with van der Waals surface area (Å²) in [6, 6.07) is 4.16. The quantitative estimate of drug-likeness (QED) is 0.762. The van der Waals surface area contributed by atoms with Crippen molar-refractivity contribution >= 4 is 5.97 Å². The molecule has 1 aromatic rings. The maximum Gasteiger partial charge on any atom is 0.337 e. The minimum Gasteiger partial charge on any atom is -0.465 e. The summed E-state index contributed by atoms with van der Waals surface area (Å²) < 4.78 is 30.1. The third-order valence-electron chi connectivity index (χ3n) is 2.41. The molecule has 0 radical (unpaired) electrons. The molecule has 5 heteroatoms. The van der Waals surface area contributed by atoms with Gasteiger partial charge in [0.2, 0.25) is 0 Å². The van der Waals surface area contributed by atoms with Gasteiger partial charge in [-0.05, 0) is 24.1 Å². The largest absolute Gasteiger partial charge is 0.465 e. The van der Waals surface area contributed by atoms with Crippen molar-refractivity contribution in [2.45, 2.75) is 19.8 Å². The minimum absolute atomic E-state index is 0.116. The maximum absolute atomic E-state index is 12.8. The number of nitriles is 1. The van der Waals surface area contributed by atoms with Crippen LogP contribution < -0.4 is 0 Å². The molecule has 0 aliphatic carbocycles. The molecule has 0 spiro atoms. The van der Waals surface area contributed by atoms with Gasteiger partial charge in [-0.25, -0.2) is 13.6 Å². The highest BCUT2D eigenvalue weighted by Crippen LogP contribution is 2.28. The van der Waals surface area contributed by atoms with Crippen molar-refractivity contribution in [1.82, 2.24) is 0 Å². The molecule has 0 bridgehead atoms. The van der Waals surface area contributed by atoms with Crippen LogP contribution in [0.5, 0.6) is 0 Å². The van der Waals surface area contributed by atoms with Crippen LogP contribution in [-0.4, -0.2) is 13.1 Å². The minimum atomic E-state index is -2.73. The first-order chi connectivity index (χ1) is 8.04. The lowest BCUT2D eigenvalue weighted by atomic mass is 9.96. The Labute approximate surface area is 97.6 Å². The molecule has 0 saturated carbocycles. The molecule has 0 aliphatic rings. The summed E-state index contributed by atoms with van der Waals surface area (Å²) in [7, 11) is 1.20. The second-order valence-corrected chi connectivity index (χ2v) is 3.35. The third kappa shape index (κ3) is 2.59. The summed E-state index contributed by atoms with van der Waals surface area (Å²) in [6.07, 6.45) is -2.41. The molecule has 90 valence electrons. The molecule has 1 rings (SSSR count). The predicted octanol–water partition coefficient (Wildman–Crippen LogP) is 2.84. The van der Waals surface area contributed by atoms with Gasteiger partial charge < -0.3 is 4.74 Å². The topological polar surface area (TPSA) is 50.1 Å². The van der Waals surface area contributed by atoms with Crippen molar-refractivity contribution in [3.8, 4) is 6.07 Å². The first kappa shape index (κ1) is 13.1. The van der Waals surface area contributed by atoms with Gasteiger partial charge in [-0.1, -0.05) is 6.92 Å². The Morgan fingerprint density at radius 1 is 1.53 bits per heavy atom. The van der Waals surface area contributed by atoms with E-state index in [2.05, 4.69) is 4.74 Å². The summed E-state index contributed by atoms with van der Waals surface area (Å²) in [4.78, 5) is 11.3. The fourth-order valence-corrected chi connectivity index (χ4v) is 1.59. The molecule has 17 heavy (non-hydrogen) atoms. The van der Waals surface area contributed by atoms with Crippen LogP contribution in [0.4, 0.5) is 8.78 Å². The lowest BCUT2D eigenvalue weighted by Crippen LogP contribution is -2.06. The molecular weight excluding hydrogens is 228 g/mol. The highest BCUT2D eigenvalue weighted by molar-refractivity contribution is 5.90. The summed E-state index contributed by atoms with van der Waals surface area (Å²) in [5.74, 6) is -0.642. The van der Waals surface area contributed by atoms with E-state index in [1.807, 2.05) is 0 Å². The fraction of sp³-hybridized carbons (Fsp3) is 0.333. The van der Waals surface area contributed by atoms with E-state index < -0.39 is 12.4 Å². The van der Waals surface area contributed by atoms with E-state index in [4.69, 9.17) is 5.26 Å². The molecule has 0 heterocycles. The van der Waals surface area contributed by atoms with E-state index in [0.717, 1.165) is 6.07 Å². The van der Waals surface area contributed by atoms with Gasteiger partial charge in [0.1, 0.15) is 0 Å². The van der Waals surface area contributed by atoms with Crippen LogP contribution in [0.2, 0.25) is 0 Å². The van der Waals surface area contributed by atoms with Gasteiger partial charge in [0.25, 0.3) is 6.43 Å². The predicted molar refractivity (Wildman–Crippen MR) is 56.8 cm³/mol. The highest BCUT2D eigenvalue weighted by atomic mass is 19.3. The summed E-state index contributed by atoms with van der Waals surface area (Å²) in [5.41, 5.74) is -0.0767. The molecule has 0 unspecified atom stereocenters. The Bertz CT molecular complexity index is 478. The number of esters is 1. The zero-order valence-electron chi connectivity index (χ0n) is 9.46. The molecule has 0 saturated heterocycles. The first-order valence-electron chi connectivity index (χ1n) is 4.98. The van der Waals surface area contributed by atoms with Gasteiger partial charge in [0.15, 0.2) is 0 Å². The summed E-state index contributed by atoms with van der Waals surface area (Å²) in [6.45, 7) is 1.68. The number of nitrogens with zero attached hydrogens (tertiary/aromatic N) is 1. The average Bonchev–Trinajstić information content (AvgIpc) is 2.35. The number of carbonyl (C=O) groups excluding carboxylic acids is 1. The normalized spacial score (nSPS) is 10.1. The van der Waals surface area contributed by atoms with E-state index in [1.54, 1.807) is 13.0 Å². The van der Waals surface area contributed by atoms with Crippen LogP contribution in [0.15, 0.2) is 12.1 Å². The molecule has 0 N–H and O–H groups in total. The summed E-state index contributed by atoms with van der Waals surface area (Å²) >= 11 is 0. The smallest absolute Gasteiger partial charge is 0.337 e. The third-order valence-corrected chi connectivity index (χ3v) is 2.41. The van der Waals surface area contributed by atoms with Gasteiger partial charge in [0.05, 0.1) is 24.3 Å². The molecule has 3 nitrogen and oxygen atoms in total. The standard InChI is InChI=1S/C12H11F2NO2/c1-3-7-4-8(12(16)17-2)5-9(6-15)10(7)11(13)14/h4-5,11H,3H2,1-2H3. The molecular formula is C12H11F2NO2. The molecule has 0 amide bonds. The number of hydrogen-bond acceptors (Lipinski definition) is 3. The van der Waals surface area contributed by atoms with Crippen molar-refractivity contribution in [3.05, 3.63) is 34.4 Å². The van der Waals surface area contributed by atoms with Gasteiger partial charge in [-0.2, -0.15) is 5.26 Å². The monoisotopic (exact) mass is 239 g/mol. The number of benzene rings is 1. The zero-order valence-corrected chi connectivity index (χ0v) is 9.46. The Balaban J connectivity index is 3.46. The molecule has 0 aliphatic heterocycles.